The number of methoxy groups -OCH3 is 1. The lowest BCUT2D eigenvalue weighted by Crippen LogP contribution is -1.95. The van der Waals surface area contributed by atoms with Gasteiger partial charge in [0.25, 0.3) is 0 Å². The average Bonchev–Trinajstić information content (AvgIpc) is 2.31. The van der Waals surface area contributed by atoms with Crippen LogP contribution in [0.5, 0.6) is 5.75 Å². The van der Waals surface area contributed by atoms with Gasteiger partial charge in [0, 0.05) is 11.3 Å². The first-order chi connectivity index (χ1) is 7.72. The minimum absolute atomic E-state index is 0.648. The second-order valence-electron chi connectivity index (χ2n) is 3.54. The minimum Gasteiger partial charge on any atom is -0.495 e. The van der Waals surface area contributed by atoms with Crippen LogP contribution in [0.3, 0.4) is 0 Å². The molecule has 82 valence electrons. The van der Waals surface area contributed by atoms with Gasteiger partial charge in [0.1, 0.15) is 5.75 Å². The first-order valence-electron chi connectivity index (χ1n) is 5.01. The standard InChI is InChI=1S/C13H14N2O/c1-16-12-4-2-3-11(13(12)15)9-5-7-10(14)8-6-9/h2-8H,14-15H2,1H3. The molecule has 0 saturated heterocycles. The van der Waals surface area contributed by atoms with Crippen LogP contribution in [0, 0.1) is 0 Å². The van der Waals surface area contributed by atoms with Crippen LogP contribution in [-0.4, -0.2) is 7.11 Å². The highest BCUT2D eigenvalue weighted by molar-refractivity contribution is 5.80. The summed E-state index contributed by atoms with van der Waals surface area (Å²) in [7, 11) is 1.61. The van der Waals surface area contributed by atoms with E-state index in [0.717, 1.165) is 16.8 Å². The molecule has 0 fully saturated rings. The van der Waals surface area contributed by atoms with Crippen LogP contribution in [-0.2, 0) is 0 Å². The van der Waals surface area contributed by atoms with Gasteiger partial charge in [-0.15, -0.1) is 0 Å². The summed E-state index contributed by atoms with van der Waals surface area (Å²) < 4.78 is 5.18. The van der Waals surface area contributed by atoms with Crippen LogP contribution in [0.2, 0.25) is 0 Å². The molecule has 0 saturated carbocycles. The fraction of sp³-hybridized carbons (Fsp3) is 0.0769. The van der Waals surface area contributed by atoms with Gasteiger partial charge in [0.05, 0.1) is 12.8 Å². The molecule has 4 N–H and O–H groups in total. The number of nitrogens with two attached hydrogens (primary N) is 2. The molecule has 0 aromatic heterocycles. The van der Waals surface area contributed by atoms with Crippen LogP contribution in [0.25, 0.3) is 11.1 Å². The number of rotatable bonds is 2. The molecule has 0 aliphatic heterocycles. The van der Waals surface area contributed by atoms with Crippen molar-refractivity contribution in [3.05, 3.63) is 42.5 Å². The largest absolute Gasteiger partial charge is 0.495 e. The number of nitrogen functional groups attached to an aromatic ring is 2. The predicted molar refractivity (Wildman–Crippen MR) is 67.3 cm³/mol. The Morgan fingerprint density at radius 1 is 0.938 bits per heavy atom. The first-order valence-corrected chi connectivity index (χ1v) is 5.01. The van der Waals surface area contributed by atoms with Gasteiger partial charge in [0.15, 0.2) is 0 Å². The summed E-state index contributed by atoms with van der Waals surface area (Å²) in [4.78, 5) is 0. The molecule has 3 heteroatoms. The second kappa shape index (κ2) is 4.14. The van der Waals surface area contributed by atoms with E-state index >= 15 is 0 Å². The van der Waals surface area contributed by atoms with Gasteiger partial charge in [-0.25, -0.2) is 0 Å². The average molecular weight is 214 g/mol. The summed E-state index contributed by atoms with van der Waals surface area (Å²) >= 11 is 0. The van der Waals surface area contributed by atoms with Gasteiger partial charge in [-0.1, -0.05) is 24.3 Å². The van der Waals surface area contributed by atoms with E-state index < -0.39 is 0 Å². The molecule has 0 aliphatic rings. The Kier molecular flexibility index (Phi) is 2.68. The molecule has 3 nitrogen and oxygen atoms in total. The molecule has 0 unspecified atom stereocenters. The van der Waals surface area contributed by atoms with Crippen molar-refractivity contribution in [1.29, 1.82) is 0 Å². The summed E-state index contributed by atoms with van der Waals surface area (Å²) in [5.41, 5.74) is 15.0. The quantitative estimate of drug-likeness (QED) is 0.755. The van der Waals surface area contributed by atoms with E-state index in [0.29, 0.717) is 11.4 Å². The summed E-state index contributed by atoms with van der Waals surface area (Å²) in [6.45, 7) is 0. The zero-order valence-electron chi connectivity index (χ0n) is 9.10. The normalized spacial score (nSPS) is 10.1. The highest BCUT2D eigenvalue weighted by Gasteiger charge is 2.06. The van der Waals surface area contributed by atoms with Gasteiger partial charge in [-0.2, -0.15) is 0 Å². The molecule has 2 rings (SSSR count). The predicted octanol–water partition coefficient (Wildman–Crippen LogP) is 2.53. The summed E-state index contributed by atoms with van der Waals surface area (Å²) in [6.07, 6.45) is 0. The molecule has 0 amide bonds. The maximum absolute atomic E-state index is 6.01. The monoisotopic (exact) mass is 214 g/mol. The van der Waals surface area contributed by atoms with E-state index in [1.54, 1.807) is 7.11 Å². The Hall–Kier alpha value is -2.16. The highest BCUT2D eigenvalue weighted by Crippen LogP contribution is 2.33. The van der Waals surface area contributed by atoms with Crippen molar-refractivity contribution in [1.82, 2.24) is 0 Å². The van der Waals surface area contributed by atoms with Crippen LogP contribution < -0.4 is 16.2 Å². The number of hydrogen-bond donors (Lipinski definition) is 2. The van der Waals surface area contributed by atoms with Crippen molar-refractivity contribution >= 4 is 11.4 Å². The van der Waals surface area contributed by atoms with Gasteiger partial charge >= 0.3 is 0 Å². The van der Waals surface area contributed by atoms with Gasteiger partial charge in [-0.3, -0.25) is 0 Å². The van der Waals surface area contributed by atoms with Crippen molar-refractivity contribution < 1.29 is 4.74 Å². The molecule has 0 radical (unpaired) electrons. The number of benzene rings is 2. The molecule has 2 aromatic rings. The number of ether oxygens (including phenoxy) is 1. The van der Waals surface area contributed by atoms with E-state index in [9.17, 15) is 0 Å². The molecule has 0 heterocycles. The van der Waals surface area contributed by atoms with Gasteiger partial charge in [0.2, 0.25) is 0 Å². The summed E-state index contributed by atoms with van der Waals surface area (Å²) in [5, 5.41) is 0. The van der Waals surface area contributed by atoms with Crippen LogP contribution in [0.4, 0.5) is 11.4 Å². The zero-order valence-corrected chi connectivity index (χ0v) is 9.10. The third-order valence-corrected chi connectivity index (χ3v) is 2.51. The third-order valence-electron chi connectivity index (χ3n) is 2.51. The Balaban J connectivity index is 2.51. The van der Waals surface area contributed by atoms with Crippen LogP contribution in [0.15, 0.2) is 42.5 Å². The Morgan fingerprint density at radius 2 is 1.62 bits per heavy atom. The number of hydrogen-bond acceptors (Lipinski definition) is 3. The SMILES string of the molecule is COc1cccc(-c2ccc(N)cc2)c1N. The minimum atomic E-state index is 0.648. The maximum Gasteiger partial charge on any atom is 0.142 e. The lowest BCUT2D eigenvalue weighted by Gasteiger charge is -2.10. The third kappa shape index (κ3) is 1.80. The Labute approximate surface area is 94.6 Å². The molecule has 0 spiro atoms. The van der Waals surface area contributed by atoms with E-state index in [1.807, 2.05) is 42.5 Å². The van der Waals surface area contributed by atoms with Crippen molar-refractivity contribution in [2.24, 2.45) is 0 Å². The molecule has 0 atom stereocenters. The van der Waals surface area contributed by atoms with E-state index in [-0.39, 0.29) is 0 Å². The number of anilines is 2. The highest BCUT2D eigenvalue weighted by atomic mass is 16.5. The molecular formula is C13H14N2O. The molecule has 2 aromatic carbocycles. The zero-order chi connectivity index (χ0) is 11.5. The molecule has 0 bridgehead atoms. The van der Waals surface area contributed by atoms with Crippen LogP contribution >= 0.6 is 0 Å². The van der Waals surface area contributed by atoms with Crippen LogP contribution in [0.1, 0.15) is 0 Å². The fourth-order valence-corrected chi connectivity index (χ4v) is 1.64. The second-order valence-corrected chi connectivity index (χ2v) is 3.54. The van der Waals surface area contributed by atoms with E-state index in [2.05, 4.69) is 0 Å². The van der Waals surface area contributed by atoms with Crippen molar-refractivity contribution in [2.75, 3.05) is 18.6 Å². The summed E-state index contributed by atoms with van der Waals surface area (Å²) in [6, 6.07) is 13.3. The van der Waals surface area contributed by atoms with E-state index in [4.69, 9.17) is 16.2 Å². The molecular weight excluding hydrogens is 200 g/mol. The van der Waals surface area contributed by atoms with E-state index in [1.165, 1.54) is 0 Å². The van der Waals surface area contributed by atoms with Crippen molar-refractivity contribution in [2.45, 2.75) is 0 Å². The Bertz CT molecular complexity index is 492. The molecule has 0 aliphatic carbocycles. The van der Waals surface area contributed by atoms with Crippen molar-refractivity contribution in [3.8, 4) is 16.9 Å². The van der Waals surface area contributed by atoms with Crippen molar-refractivity contribution in [3.63, 3.8) is 0 Å². The first kappa shape index (κ1) is 10.4. The topological polar surface area (TPSA) is 61.3 Å². The number of para-hydroxylation sites is 1. The van der Waals surface area contributed by atoms with Gasteiger partial charge in [-0.05, 0) is 23.8 Å². The fourth-order valence-electron chi connectivity index (χ4n) is 1.64. The van der Waals surface area contributed by atoms with Gasteiger partial charge < -0.3 is 16.2 Å². The smallest absolute Gasteiger partial charge is 0.142 e. The maximum atomic E-state index is 6.01. The lowest BCUT2D eigenvalue weighted by atomic mass is 10.0. The Morgan fingerprint density at radius 3 is 2.25 bits per heavy atom. The lowest BCUT2D eigenvalue weighted by molar-refractivity contribution is 0.417. The molecule has 16 heavy (non-hydrogen) atoms. The summed E-state index contributed by atoms with van der Waals surface area (Å²) in [5.74, 6) is 0.689.